The zero-order valence-electron chi connectivity index (χ0n) is 17.9. The van der Waals surface area contributed by atoms with Crippen molar-refractivity contribution in [2.45, 2.75) is 30.8 Å². The van der Waals surface area contributed by atoms with Crippen LogP contribution in [0.2, 0.25) is 5.02 Å². The first-order valence-corrected chi connectivity index (χ1v) is 12.6. The molecule has 1 aromatic carbocycles. The number of amides is 1. The number of hydrogen-bond donors (Lipinski definition) is 4. The molecular weight excluding hydrogens is 466 g/mol. The predicted molar refractivity (Wildman–Crippen MR) is 127 cm³/mol. The lowest BCUT2D eigenvalue weighted by atomic mass is 9.85. The first-order valence-electron chi connectivity index (χ1n) is 10.5. The van der Waals surface area contributed by atoms with E-state index in [1.807, 2.05) is 12.3 Å². The number of hydrogen-bond acceptors (Lipinski definition) is 7. The molecule has 0 aliphatic carbocycles. The van der Waals surface area contributed by atoms with Crippen LogP contribution in [0.15, 0.2) is 42.9 Å². The molecule has 12 heteroatoms. The highest BCUT2D eigenvalue weighted by atomic mass is 35.5. The second-order valence-electron chi connectivity index (χ2n) is 8.46. The van der Waals surface area contributed by atoms with Gasteiger partial charge in [-0.15, -0.1) is 0 Å². The van der Waals surface area contributed by atoms with E-state index >= 15 is 0 Å². The first-order chi connectivity index (χ1) is 15.6. The second kappa shape index (κ2) is 9.26. The van der Waals surface area contributed by atoms with Gasteiger partial charge in [-0.1, -0.05) is 23.7 Å². The molecule has 6 N–H and O–H groups in total. The van der Waals surface area contributed by atoms with Gasteiger partial charge in [0.05, 0.1) is 17.2 Å². The van der Waals surface area contributed by atoms with E-state index in [9.17, 15) is 13.2 Å². The van der Waals surface area contributed by atoms with Crippen molar-refractivity contribution in [2.75, 3.05) is 23.7 Å². The number of halogens is 1. The van der Waals surface area contributed by atoms with Crippen molar-refractivity contribution in [1.82, 2.24) is 20.3 Å². The Morgan fingerprint density at radius 2 is 1.91 bits per heavy atom. The number of nitrogens with one attached hydrogen (secondary N) is 2. The van der Waals surface area contributed by atoms with Crippen LogP contribution in [0, 0.1) is 0 Å². The third-order valence-electron chi connectivity index (χ3n) is 5.91. The lowest BCUT2D eigenvalue weighted by Gasteiger charge is -2.39. The summed E-state index contributed by atoms with van der Waals surface area (Å²) in [4.78, 5) is 26.7. The predicted octanol–water partition coefficient (Wildman–Crippen LogP) is 1.45. The molecule has 3 heterocycles. The Morgan fingerprint density at radius 1 is 1.21 bits per heavy atom. The molecule has 2 aromatic heterocycles. The second-order valence-corrected chi connectivity index (χ2v) is 10.6. The summed E-state index contributed by atoms with van der Waals surface area (Å²) >= 11 is 5.92. The minimum atomic E-state index is -3.83. The molecule has 176 valence electrons. The largest absolute Gasteiger partial charge is 0.356 e. The van der Waals surface area contributed by atoms with E-state index in [-0.39, 0.29) is 12.3 Å². The van der Waals surface area contributed by atoms with Crippen LogP contribution in [-0.2, 0) is 14.8 Å². The average molecular weight is 492 g/mol. The van der Waals surface area contributed by atoms with E-state index in [1.165, 1.54) is 6.33 Å². The van der Waals surface area contributed by atoms with E-state index in [0.29, 0.717) is 36.5 Å². The third-order valence-corrected chi connectivity index (χ3v) is 6.96. The van der Waals surface area contributed by atoms with Crippen LogP contribution in [0.4, 0.5) is 5.82 Å². The number of anilines is 1. The molecule has 0 saturated carbocycles. The lowest BCUT2D eigenvalue weighted by molar-refractivity contribution is -0.123. The van der Waals surface area contributed by atoms with Crippen molar-refractivity contribution in [3.63, 3.8) is 0 Å². The summed E-state index contributed by atoms with van der Waals surface area (Å²) in [6.07, 6.45) is 4.57. The Balaban J connectivity index is 1.41. The molecule has 3 aromatic rings. The van der Waals surface area contributed by atoms with Crippen molar-refractivity contribution in [1.29, 1.82) is 0 Å². The number of nitrogens with zero attached hydrogens (tertiary/aromatic N) is 3. The van der Waals surface area contributed by atoms with Crippen molar-refractivity contribution >= 4 is 44.4 Å². The summed E-state index contributed by atoms with van der Waals surface area (Å²) in [6.45, 7) is 1.28. The van der Waals surface area contributed by atoms with E-state index in [4.69, 9.17) is 22.5 Å². The highest BCUT2D eigenvalue weighted by Gasteiger charge is 2.34. The summed E-state index contributed by atoms with van der Waals surface area (Å²) in [5, 5.41) is 9.48. The Bertz CT molecular complexity index is 1240. The highest BCUT2D eigenvalue weighted by Crippen LogP contribution is 2.30. The fraction of sp³-hybridized carbons (Fsp3) is 0.381. The number of aromatic amines is 1. The van der Waals surface area contributed by atoms with Gasteiger partial charge in [-0.2, -0.15) is 0 Å². The maximum Gasteiger partial charge on any atom is 0.222 e. The van der Waals surface area contributed by atoms with Crippen LogP contribution in [0.5, 0.6) is 0 Å². The molecule has 0 bridgehead atoms. The van der Waals surface area contributed by atoms with Gasteiger partial charge in [0.1, 0.15) is 17.8 Å². The van der Waals surface area contributed by atoms with E-state index in [1.54, 1.807) is 24.3 Å². The molecule has 1 fully saturated rings. The molecule has 1 aliphatic heterocycles. The Labute approximate surface area is 196 Å². The van der Waals surface area contributed by atoms with Gasteiger partial charge in [-0.25, -0.2) is 23.5 Å². The number of fused-ring (bicyclic) bond motifs is 1. The number of benzene rings is 1. The fourth-order valence-electron chi connectivity index (χ4n) is 4.17. The molecule has 33 heavy (non-hydrogen) atoms. The molecule has 1 amide bonds. The van der Waals surface area contributed by atoms with Gasteiger partial charge in [-0.3, -0.25) is 4.79 Å². The van der Waals surface area contributed by atoms with Crippen LogP contribution in [0.1, 0.15) is 30.9 Å². The Hall–Kier alpha value is -2.73. The molecule has 0 spiro atoms. The van der Waals surface area contributed by atoms with Crippen molar-refractivity contribution < 1.29 is 13.2 Å². The summed E-state index contributed by atoms with van der Waals surface area (Å²) in [5.41, 5.74) is 7.23. The Kier molecular flexibility index (Phi) is 6.57. The zero-order valence-corrected chi connectivity index (χ0v) is 19.4. The quantitative estimate of drug-likeness (QED) is 0.389. The van der Waals surface area contributed by atoms with Gasteiger partial charge in [0.25, 0.3) is 0 Å². The molecule has 1 atom stereocenters. The van der Waals surface area contributed by atoms with Crippen LogP contribution < -0.4 is 21.1 Å². The molecular formula is C21H26ClN7O3S. The lowest BCUT2D eigenvalue weighted by Crippen LogP contribution is -2.53. The monoisotopic (exact) mass is 491 g/mol. The molecule has 1 unspecified atom stereocenters. The standard InChI is InChI=1S/C21H26ClN7O3S/c22-15-3-1-14(2-4-15)17(12-33(24,31)32)28-18(30)11-21(23)6-9-29(10-7-21)20-16-5-8-25-19(16)26-13-27-20/h1-5,8,13,17H,6-7,9-12,23H2,(H,28,30)(H2,24,31,32)(H,25,26,27). The Morgan fingerprint density at radius 3 is 2.58 bits per heavy atom. The van der Waals surface area contributed by atoms with Crippen LogP contribution in [0.25, 0.3) is 11.0 Å². The van der Waals surface area contributed by atoms with Crippen LogP contribution in [0.3, 0.4) is 0 Å². The zero-order chi connectivity index (χ0) is 23.6. The van der Waals surface area contributed by atoms with Crippen molar-refractivity contribution in [3.05, 3.63) is 53.4 Å². The average Bonchev–Trinajstić information content (AvgIpc) is 3.22. The van der Waals surface area contributed by atoms with E-state index in [2.05, 4.69) is 25.2 Å². The normalized spacial score (nSPS) is 17.1. The van der Waals surface area contributed by atoms with Crippen molar-refractivity contribution in [2.24, 2.45) is 10.9 Å². The SMILES string of the molecule is NC1(CC(=O)NC(CS(N)(=O)=O)c2ccc(Cl)cc2)CCN(c2ncnc3[nH]ccc23)CC1. The first kappa shape index (κ1) is 23.4. The minimum absolute atomic E-state index is 0.0683. The summed E-state index contributed by atoms with van der Waals surface area (Å²) in [6, 6.07) is 7.74. The van der Waals surface area contributed by atoms with Gasteiger partial charge in [0, 0.05) is 36.3 Å². The number of primary sulfonamides is 1. The molecule has 0 radical (unpaired) electrons. The maximum absolute atomic E-state index is 12.9. The van der Waals surface area contributed by atoms with Gasteiger partial charge >= 0.3 is 0 Å². The van der Waals surface area contributed by atoms with Crippen LogP contribution >= 0.6 is 11.6 Å². The molecule has 1 aliphatic rings. The third kappa shape index (κ3) is 5.80. The van der Waals surface area contributed by atoms with Crippen molar-refractivity contribution in [3.8, 4) is 0 Å². The number of carbonyl (C=O) groups excluding carboxylic acids is 1. The number of carbonyl (C=O) groups is 1. The van der Waals surface area contributed by atoms with Gasteiger partial charge in [-0.05, 0) is 36.6 Å². The highest BCUT2D eigenvalue weighted by molar-refractivity contribution is 7.89. The number of aromatic nitrogens is 3. The minimum Gasteiger partial charge on any atom is -0.356 e. The topological polar surface area (TPSA) is 160 Å². The van der Waals surface area contributed by atoms with Gasteiger partial charge in [0.2, 0.25) is 15.9 Å². The van der Waals surface area contributed by atoms with Crippen LogP contribution in [-0.4, -0.2) is 53.7 Å². The number of piperidine rings is 1. The van der Waals surface area contributed by atoms with Gasteiger partial charge in [0.15, 0.2) is 0 Å². The number of sulfonamides is 1. The smallest absolute Gasteiger partial charge is 0.222 e. The van der Waals surface area contributed by atoms with Gasteiger partial charge < -0.3 is 20.9 Å². The number of rotatable bonds is 7. The maximum atomic E-state index is 12.9. The molecule has 1 saturated heterocycles. The fourth-order valence-corrected chi connectivity index (χ4v) is 5.03. The summed E-state index contributed by atoms with van der Waals surface area (Å²) in [5.74, 6) is 0.0832. The molecule has 10 nitrogen and oxygen atoms in total. The number of nitrogens with two attached hydrogens (primary N) is 2. The molecule has 4 rings (SSSR count). The summed E-state index contributed by atoms with van der Waals surface area (Å²) < 4.78 is 23.4. The number of H-pyrrole nitrogens is 1. The van der Waals surface area contributed by atoms with E-state index < -0.39 is 27.4 Å². The summed E-state index contributed by atoms with van der Waals surface area (Å²) in [7, 11) is -3.83. The van der Waals surface area contributed by atoms with E-state index in [0.717, 1.165) is 16.9 Å².